The predicted molar refractivity (Wildman–Crippen MR) is 94.9 cm³/mol. The first-order chi connectivity index (χ1) is 12.3. The Hall–Kier alpha value is -1.98. The van der Waals surface area contributed by atoms with Crippen molar-refractivity contribution in [2.75, 3.05) is 26.2 Å². The molecule has 0 N–H and O–H groups in total. The van der Waals surface area contributed by atoms with E-state index in [1.807, 2.05) is 6.92 Å². The number of sulfonamides is 1. The van der Waals surface area contributed by atoms with Crippen LogP contribution < -0.4 is 0 Å². The predicted octanol–water partition coefficient (Wildman–Crippen LogP) is 2.23. The van der Waals surface area contributed by atoms with Gasteiger partial charge < -0.3 is 4.90 Å². The maximum Gasteiger partial charge on any atom is 0.243 e. The molecule has 0 saturated carbocycles. The molecule has 6 nitrogen and oxygen atoms in total. The Labute approximate surface area is 154 Å². The highest BCUT2D eigenvalue weighted by Gasteiger charge is 2.35. The van der Waals surface area contributed by atoms with Crippen LogP contribution in [0.5, 0.6) is 0 Å². The molecule has 1 heterocycles. The summed E-state index contributed by atoms with van der Waals surface area (Å²) in [6.07, 6.45) is 1.20. The lowest BCUT2D eigenvalue weighted by Crippen LogP contribution is -2.47. The van der Waals surface area contributed by atoms with Crippen LogP contribution in [0.2, 0.25) is 0 Å². The lowest BCUT2D eigenvalue weighted by atomic mass is 9.97. The van der Waals surface area contributed by atoms with Gasteiger partial charge in [-0.25, -0.2) is 12.8 Å². The molecule has 0 radical (unpaired) electrons. The molecule has 1 aliphatic rings. The average Bonchev–Trinajstić information content (AvgIpc) is 2.65. The van der Waals surface area contributed by atoms with Crippen LogP contribution in [-0.4, -0.2) is 49.7 Å². The number of nitrogens with zero attached hydrogens (tertiary/aromatic N) is 3. The summed E-state index contributed by atoms with van der Waals surface area (Å²) in [6, 6.07) is 6.82. The van der Waals surface area contributed by atoms with Gasteiger partial charge in [-0.3, -0.25) is 4.79 Å². The van der Waals surface area contributed by atoms with Crippen molar-refractivity contribution in [2.24, 2.45) is 11.8 Å². The Balaban J connectivity index is 2.14. The van der Waals surface area contributed by atoms with E-state index in [9.17, 15) is 17.6 Å². The van der Waals surface area contributed by atoms with E-state index in [4.69, 9.17) is 5.26 Å². The van der Waals surface area contributed by atoms with Gasteiger partial charge in [-0.05, 0) is 51.0 Å². The van der Waals surface area contributed by atoms with Gasteiger partial charge in [-0.1, -0.05) is 0 Å². The van der Waals surface area contributed by atoms with Crippen molar-refractivity contribution in [3.05, 3.63) is 30.1 Å². The molecule has 0 spiro atoms. The van der Waals surface area contributed by atoms with Crippen molar-refractivity contribution >= 4 is 15.9 Å². The van der Waals surface area contributed by atoms with Gasteiger partial charge in [0.15, 0.2) is 0 Å². The maximum atomic E-state index is 13.1. The molecule has 1 aromatic rings. The molecule has 0 aliphatic carbocycles. The molecular weight excluding hydrogens is 357 g/mol. The third-order valence-electron chi connectivity index (χ3n) is 4.59. The maximum absolute atomic E-state index is 13.1. The average molecular weight is 381 g/mol. The number of piperidine rings is 1. The second-order valence-electron chi connectivity index (χ2n) is 6.56. The molecule has 2 rings (SSSR count). The van der Waals surface area contributed by atoms with Crippen LogP contribution in [0.25, 0.3) is 0 Å². The topological polar surface area (TPSA) is 81.5 Å². The Morgan fingerprint density at radius 3 is 2.65 bits per heavy atom. The third-order valence-corrected chi connectivity index (χ3v) is 6.47. The lowest BCUT2D eigenvalue weighted by molar-refractivity contribution is -0.136. The molecule has 142 valence electrons. The fourth-order valence-electron chi connectivity index (χ4n) is 3.12. The van der Waals surface area contributed by atoms with E-state index in [-0.39, 0.29) is 23.3 Å². The molecule has 1 aromatic carbocycles. The van der Waals surface area contributed by atoms with Crippen LogP contribution >= 0.6 is 0 Å². The summed E-state index contributed by atoms with van der Waals surface area (Å²) in [5.74, 6) is -1.32. The molecular formula is C18H24FN3O3S. The van der Waals surface area contributed by atoms with Crippen molar-refractivity contribution in [3.63, 3.8) is 0 Å². The summed E-state index contributed by atoms with van der Waals surface area (Å²) in [5, 5.41) is 8.96. The molecule has 1 fully saturated rings. The first kappa shape index (κ1) is 20.3. The summed E-state index contributed by atoms with van der Waals surface area (Å²) in [7, 11) is -3.76. The number of benzene rings is 1. The number of amides is 1. The first-order valence-corrected chi connectivity index (χ1v) is 10.2. The zero-order valence-corrected chi connectivity index (χ0v) is 15.9. The third kappa shape index (κ3) is 4.59. The molecule has 1 aliphatic heterocycles. The van der Waals surface area contributed by atoms with Gasteiger partial charge in [0.25, 0.3) is 0 Å². The normalized spacial score (nSPS) is 19.5. The molecule has 0 bridgehead atoms. The van der Waals surface area contributed by atoms with Crippen LogP contribution in [-0.2, 0) is 14.8 Å². The standard InChI is InChI=1S/C18H24FN3O3S/c1-3-21(12-14(2)11-20)18(23)15-5-4-10-22(13-15)26(24,25)17-8-6-16(19)7-9-17/h6-9,14-15H,3-5,10,12-13H2,1-2H3. The van der Waals surface area contributed by atoms with Crippen LogP contribution in [0.3, 0.4) is 0 Å². The number of hydrogen-bond donors (Lipinski definition) is 0. The highest BCUT2D eigenvalue weighted by atomic mass is 32.2. The zero-order valence-electron chi connectivity index (χ0n) is 15.1. The highest BCUT2D eigenvalue weighted by molar-refractivity contribution is 7.89. The summed E-state index contributed by atoms with van der Waals surface area (Å²) >= 11 is 0. The number of carbonyl (C=O) groups excluding carboxylic acids is 1. The van der Waals surface area contributed by atoms with Crippen molar-refractivity contribution in [1.29, 1.82) is 5.26 Å². The van der Waals surface area contributed by atoms with Crippen molar-refractivity contribution < 1.29 is 17.6 Å². The largest absolute Gasteiger partial charge is 0.341 e. The number of nitriles is 1. The van der Waals surface area contributed by atoms with Gasteiger partial charge in [0.2, 0.25) is 15.9 Å². The summed E-state index contributed by atoms with van der Waals surface area (Å²) in [4.78, 5) is 14.4. The fraction of sp³-hybridized carbons (Fsp3) is 0.556. The Bertz CT molecular complexity index is 774. The second kappa shape index (κ2) is 8.60. The van der Waals surface area contributed by atoms with Crippen molar-refractivity contribution in [2.45, 2.75) is 31.6 Å². The highest BCUT2D eigenvalue weighted by Crippen LogP contribution is 2.25. The van der Waals surface area contributed by atoms with Gasteiger partial charge in [-0.2, -0.15) is 9.57 Å². The van der Waals surface area contributed by atoms with E-state index in [1.54, 1.807) is 11.8 Å². The quantitative estimate of drug-likeness (QED) is 0.757. The summed E-state index contributed by atoms with van der Waals surface area (Å²) < 4.78 is 39.9. The fourth-order valence-corrected chi connectivity index (χ4v) is 4.65. The Morgan fingerprint density at radius 2 is 2.08 bits per heavy atom. The van der Waals surface area contributed by atoms with E-state index in [0.717, 1.165) is 12.1 Å². The van der Waals surface area contributed by atoms with Crippen LogP contribution in [0.1, 0.15) is 26.7 Å². The van der Waals surface area contributed by atoms with E-state index in [2.05, 4.69) is 6.07 Å². The lowest BCUT2D eigenvalue weighted by Gasteiger charge is -2.34. The molecule has 2 unspecified atom stereocenters. The number of carbonyl (C=O) groups is 1. The first-order valence-electron chi connectivity index (χ1n) is 8.73. The van der Waals surface area contributed by atoms with E-state index in [1.165, 1.54) is 16.4 Å². The minimum Gasteiger partial charge on any atom is -0.341 e. The van der Waals surface area contributed by atoms with E-state index < -0.39 is 21.8 Å². The van der Waals surface area contributed by atoms with Crippen molar-refractivity contribution in [3.8, 4) is 6.07 Å². The number of hydrogen-bond acceptors (Lipinski definition) is 4. The molecule has 26 heavy (non-hydrogen) atoms. The molecule has 1 amide bonds. The zero-order chi connectivity index (χ0) is 19.3. The van der Waals surface area contributed by atoms with Gasteiger partial charge >= 0.3 is 0 Å². The minimum absolute atomic E-state index is 0.0254. The minimum atomic E-state index is -3.76. The van der Waals surface area contributed by atoms with Gasteiger partial charge in [0.05, 0.1) is 22.8 Å². The SMILES string of the molecule is CCN(CC(C)C#N)C(=O)C1CCCN(S(=O)(=O)c2ccc(F)cc2)C1. The van der Waals surface area contributed by atoms with E-state index in [0.29, 0.717) is 32.5 Å². The van der Waals surface area contributed by atoms with E-state index >= 15 is 0 Å². The Kier molecular flexibility index (Phi) is 6.73. The summed E-state index contributed by atoms with van der Waals surface area (Å²) in [5.41, 5.74) is 0. The monoisotopic (exact) mass is 381 g/mol. The number of rotatable bonds is 6. The Morgan fingerprint density at radius 1 is 1.42 bits per heavy atom. The second-order valence-corrected chi connectivity index (χ2v) is 8.50. The van der Waals surface area contributed by atoms with Gasteiger partial charge in [0, 0.05) is 26.2 Å². The molecule has 2 atom stereocenters. The van der Waals surface area contributed by atoms with Crippen LogP contribution in [0.4, 0.5) is 4.39 Å². The van der Waals surface area contributed by atoms with Gasteiger partial charge in [0.1, 0.15) is 5.82 Å². The van der Waals surface area contributed by atoms with Gasteiger partial charge in [-0.15, -0.1) is 0 Å². The van der Waals surface area contributed by atoms with Crippen molar-refractivity contribution in [1.82, 2.24) is 9.21 Å². The smallest absolute Gasteiger partial charge is 0.243 e. The number of halogens is 1. The molecule has 0 aromatic heterocycles. The molecule has 1 saturated heterocycles. The molecule has 8 heteroatoms. The summed E-state index contributed by atoms with van der Waals surface area (Å²) in [6.45, 7) is 4.86. The van der Waals surface area contributed by atoms with Crippen LogP contribution in [0, 0.1) is 29.0 Å². The van der Waals surface area contributed by atoms with Crippen LogP contribution in [0.15, 0.2) is 29.2 Å².